The average Bonchev–Trinajstić information content (AvgIpc) is 3.60. The molecule has 182 valence electrons. The van der Waals surface area contributed by atoms with Crippen molar-refractivity contribution < 1.29 is 31.0 Å². The van der Waals surface area contributed by atoms with E-state index in [4.69, 9.17) is 0 Å². The molecule has 1 aromatic carbocycles. The molecule has 1 saturated heterocycles. The molecule has 0 atom stereocenters. The maximum Gasteiger partial charge on any atom is 0.527 e. The van der Waals surface area contributed by atoms with Crippen LogP contribution >= 0.6 is 0 Å². The minimum absolute atomic E-state index is 0.0750. The van der Waals surface area contributed by atoms with Crippen LogP contribution in [0.5, 0.6) is 0 Å². The number of anilines is 2. The lowest BCUT2D eigenvalue weighted by atomic mass is 9.91. The highest BCUT2D eigenvalue weighted by atomic mass is 32.1. The predicted octanol–water partition coefficient (Wildman–Crippen LogP) is 5.95. The van der Waals surface area contributed by atoms with Crippen molar-refractivity contribution in [2.45, 2.75) is 62.1 Å². The number of carbonyl (C=O) groups excluding carboxylic acids is 1. The van der Waals surface area contributed by atoms with Crippen molar-refractivity contribution in [3.8, 4) is 0 Å². The summed E-state index contributed by atoms with van der Waals surface area (Å²) < 4.78 is 81.4. The summed E-state index contributed by atoms with van der Waals surface area (Å²) in [6.07, 6.45) is -2.76. The number of hydrogen-bond acceptors (Lipinski definition) is 4. The van der Waals surface area contributed by atoms with Gasteiger partial charge in [0.15, 0.2) is 0 Å². The first-order valence-corrected chi connectivity index (χ1v) is 11.7. The smallest absolute Gasteiger partial charge is 0.371 e. The van der Waals surface area contributed by atoms with E-state index in [0.29, 0.717) is 12.8 Å². The van der Waals surface area contributed by atoms with Crippen LogP contribution < -0.4 is 10.2 Å². The highest BCUT2D eigenvalue weighted by Gasteiger charge is 2.43. The zero-order valence-corrected chi connectivity index (χ0v) is 19.2. The van der Waals surface area contributed by atoms with Gasteiger partial charge in [-0.25, -0.2) is 8.78 Å². The van der Waals surface area contributed by atoms with Crippen LogP contribution in [0, 0.1) is 6.92 Å². The van der Waals surface area contributed by atoms with Crippen LogP contribution in [0.1, 0.15) is 65.1 Å². The number of amides is 1. The Morgan fingerprint density at radius 3 is 2.59 bits per heavy atom. The third kappa shape index (κ3) is 5.18. The standard InChI is InChI=1S/C23H22F5N3O2S/c1-13-19(21(32)30-15-5-8-29-18(11-15)34-33)17(31-9-2-6-22(24,25)7-10-31)12-16(14-3-4-14)20(13)23(26,27)28/h5,8,11-12,14H,2-4,6-7,9-10H2,1H3/p+1. The molecule has 1 saturated carbocycles. The van der Waals surface area contributed by atoms with Crippen LogP contribution in [0.25, 0.3) is 0 Å². The van der Waals surface area contributed by atoms with E-state index in [-0.39, 0.29) is 76.6 Å². The highest BCUT2D eigenvalue weighted by Crippen LogP contribution is 2.50. The van der Waals surface area contributed by atoms with Crippen LogP contribution in [0.4, 0.5) is 33.3 Å². The molecule has 0 radical (unpaired) electrons. The molecule has 1 aromatic heterocycles. The number of nitrogens with one attached hydrogen (secondary N) is 1. The number of carbonyl (C=O) groups is 1. The number of hydrogen-bond donors (Lipinski definition) is 1. The second kappa shape index (κ2) is 9.16. The molecule has 11 heteroatoms. The fourth-order valence-electron chi connectivity index (χ4n) is 4.48. The first-order chi connectivity index (χ1) is 16.0. The number of benzene rings is 1. The van der Waals surface area contributed by atoms with E-state index in [1.54, 1.807) is 4.90 Å². The van der Waals surface area contributed by atoms with Crippen LogP contribution in [0.15, 0.2) is 29.4 Å². The number of pyridine rings is 1. The van der Waals surface area contributed by atoms with Crippen LogP contribution in [-0.4, -0.2) is 29.9 Å². The van der Waals surface area contributed by atoms with Gasteiger partial charge in [0.2, 0.25) is 5.92 Å². The summed E-state index contributed by atoms with van der Waals surface area (Å²) in [6.45, 7) is 1.39. The van der Waals surface area contributed by atoms with E-state index < -0.39 is 30.0 Å². The number of rotatable bonds is 5. The van der Waals surface area contributed by atoms with E-state index in [9.17, 15) is 31.0 Å². The Bertz CT molecular complexity index is 1120. The van der Waals surface area contributed by atoms with Gasteiger partial charge in [-0.2, -0.15) is 18.2 Å². The molecule has 0 unspecified atom stereocenters. The molecule has 1 amide bonds. The molecule has 1 aliphatic carbocycles. The number of aromatic nitrogens is 1. The summed E-state index contributed by atoms with van der Waals surface area (Å²) in [5, 5.41) is 2.64. The Labute approximate surface area is 197 Å². The van der Waals surface area contributed by atoms with Crippen LogP contribution in [0.3, 0.4) is 0 Å². The fraction of sp³-hybridized carbons (Fsp3) is 0.478. The van der Waals surface area contributed by atoms with Crippen LogP contribution in [-0.2, 0) is 22.1 Å². The van der Waals surface area contributed by atoms with Crippen molar-refractivity contribution in [2.24, 2.45) is 0 Å². The summed E-state index contributed by atoms with van der Waals surface area (Å²) in [6, 6.07) is 4.11. The van der Waals surface area contributed by atoms with Gasteiger partial charge in [0.1, 0.15) is 0 Å². The van der Waals surface area contributed by atoms with Crippen molar-refractivity contribution in [3.63, 3.8) is 0 Å². The largest absolute Gasteiger partial charge is 0.527 e. The van der Waals surface area contributed by atoms with Gasteiger partial charge in [-0.15, -0.1) is 0 Å². The second-order valence-electron chi connectivity index (χ2n) is 8.75. The van der Waals surface area contributed by atoms with E-state index in [1.807, 2.05) is 0 Å². The van der Waals surface area contributed by atoms with Gasteiger partial charge in [0.25, 0.3) is 5.91 Å². The third-order valence-electron chi connectivity index (χ3n) is 6.25. The van der Waals surface area contributed by atoms with Crippen LogP contribution in [0.2, 0.25) is 0 Å². The first-order valence-electron chi connectivity index (χ1n) is 10.9. The first kappa shape index (κ1) is 24.4. The van der Waals surface area contributed by atoms with E-state index >= 15 is 0 Å². The Balaban J connectivity index is 1.83. The second-order valence-corrected chi connectivity index (χ2v) is 9.33. The maximum atomic E-state index is 14.1. The molecule has 34 heavy (non-hydrogen) atoms. The lowest BCUT2D eigenvalue weighted by Gasteiger charge is -2.29. The molecule has 0 spiro atoms. The van der Waals surface area contributed by atoms with Crippen molar-refractivity contribution in [1.29, 1.82) is 0 Å². The lowest BCUT2D eigenvalue weighted by molar-refractivity contribution is -0.138. The summed E-state index contributed by atoms with van der Waals surface area (Å²) >= 11 is 0.114. The number of halogens is 5. The highest BCUT2D eigenvalue weighted by molar-refractivity contribution is 7.65. The van der Waals surface area contributed by atoms with Gasteiger partial charge in [-0.1, -0.05) is 0 Å². The van der Waals surface area contributed by atoms with E-state index in [2.05, 4.69) is 10.3 Å². The summed E-state index contributed by atoms with van der Waals surface area (Å²) in [4.78, 5) is 18.8. The topological polar surface area (TPSA) is 62.3 Å². The Hall–Kier alpha value is -2.69. The molecule has 0 bridgehead atoms. The number of alkyl halides is 5. The zero-order chi connectivity index (χ0) is 24.7. The van der Waals surface area contributed by atoms with Crippen molar-refractivity contribution >= 4 is 28.9 Å². The molecule has 2 heterocycles. The zero-order valence-electron chi connectivity index (χ0n) is 18.3. The van der Waals surface area contributed by atoms with Crippen molar-refractivity contribution in [2.75, 3.05) is 23.3 Å². The van der Waals surface area contributed by atoms with E-state index in [0.717, 1.165) is 0 Å². The minimum Gasteiger partial charge on any atom is -0.371 e. The molecule has 4 rings (SSSR count). The molecule has 1 N–H and O–H groups in total. The van der Waals surface area contributed by atoms with Gasteiger partial charge in [-0.3, -0.25) is 4.79 Å². The normalized spacial score (nSPS) is 18.4. The van der Waals surface area contributed by atoms with Gasteiger partial charge in [0.05, 0.1) is 28.6 Å². The Morgan fingerprint density at radius 1 is 1.21 bits per heavy atom. The summed E-state index contributed by atoms with van der Waals surface area (Å²) in [7, 11) is 0. The Kier molecular flexibility index (Phi) is 6.58. The SMILES string of the molecule is Cc1c(C(=O)Nc2ccnc([S+]=O)c2)c(N2CCCC(F)(F)CC2)cc(C2CC2)c1C(F)(F)F. The lowest BCUT2D eigenvalue weighted by Crippen LogP contribution is -2.30. The quantitative estimate of drug-likeness (QED) is 0.407. The molecule has 2 aliphatic rings. The minimum atomic E-state index is -4.68. The molecule has 5 nitrogen and oxygen atoms in total. The Morgan fingerprint density at radius 2 is 1.94 bits per heavy atom. The molecule has 2 aromatic rings. The average molecular weight is 501 g/mol. The molecular formula is C23H23F5N3O2S+. The van der Waals surface area contributed by atoms with Gasteiger partial charge < -0.3 is 10.2 Å². The van der Waals surface area contributed by atoms with E-state index in [1.165, 1.54) is 31.3 Å². The summed E-state index contributed by atoms with van der Waals surface area (Å²) in [5.41, 5.74) is -0.722. The van der Waals surface area contributed by atoms with Crippen molar-refractivity contribution in [3.05, 3.63) is 46.6 Å². The molecule has 1 aliphatic heterocycles. The predicted molar refractivity (Wildman–Crippen MR) is 118 cm³/mol. The molecular weight excluding hydrogens is 477 g/mol. The van der Waals surface area contributed by atoms with Crippen molar-refractivity contribution in [1.82, 2.24) is 4.98 Å². The maximum absolute atomic E-state index is 14.1. The number of nitrogens with zero attached hydrogens (tertiary/aromatic N) is 2. The van der Waals surface area contributed by atoms with Gasteiger partial charge in [0, 0.05) is 36.3 Å². The van der Waals surface area contributed by atoms with Gasteiger partial charge >= 0.3 is 22.9 Å². The monoisotopic (exact) mass is 500 g/mol. The summed E-state index contributed by atoms with van der Waals surface area (Å²) in [5.74, 6) is -3.93. The van der Waals surface area contributed by atoms with Gasteiger partial charge in [-0.05, 0) is 55.4 Å². The third-order valence-corrected chi connectivity index (χ3v) is 6.65. The fourth-order valence-corrected chi connectivity index (χ4v) is 4.76. The molecule has 2 fully saturated rings.